The average molecular weight is 424 g/mol. The smallest absolute Gasteiger partial charge is 0.210 e. The number of benzene rings is 2. The Morgan fingerprint density at radius 1 is 0.688 bits per heavy atom. The van der Waals surface area contributed by atoms with Crippen molar-refractivity contribution in [3.8, 4) is 5.69 Å². The normalized spacial score (nSPS) is 14.4. The molecule has 0 atom stereocenters. The summed E-state index contributed by atoms with van der Waals surface area (Å²) in [7, 11) is 0. The van der Waals surface area contributed by atoms with Gasteiger partial charge in [-0.05, 0) is 51.3 Å². The molecule has 2 heteroatoms. The minimum atomic E-state index is 0.176. The van der Waals surface area contributed by atoms with Gasteiger partial charge in [-0.1, -0.05) is 71.9 Å². The molecular weight excluding hydrogens is 388 g/mol. The number of rotatable bonds is 3. The van der Waals surface area contributed by atoms with E-state index in [-0.39, 0.29) is 10.8 Å². The molecule has 4 rings (SSSR count). The maximum absolute atomic E-state index is 2.30. The van der Waals surface area contributed by atoms with Crippen LogP contribution >= 0.6 is 0 Å². The number of anilines is 1. The van der Waals surface area contributed by atoms with E-state index in [9.17, 15) is 0 Å². The first-order valence-corrected chi connectivity index (χ1v) is 11.5. The highest BCUT2D eigenvalue weighted by atomic mass is 15.1. The fourth-order valence-corrected chi connectivity index (χ4v) is 3.98. The lowest BCUT2D eigenvalue weighted by molar-refractivity contribution is -0.595. The molecule has 0 N–H and O–H groups in total. The second-order valence-electron chi connectivity index (χ2n) is 10.7. The summed E-state index contributed by atoms with van der Waals surface area (Å²) in [6.07, 6.45) is 11.0. The van der Waals surface area contributed by atoms with Crippen LogP contribution in [0.5, 0.6) is 0 Å². The molecule has 2 heterocycles. The Labute approximate surface area is 193 Å². The average Bonchev–Trinajstić information content (AvgIpc) is 2.78. The van der Waals surface area contributed by atoms with Crippen molar-refractivity contribution < 1.29 is 4.57 Å². The van der Waals surface area contributed by atoms with Crippen LogP contribution < -0.4 is 9.47 Å². The molecule has 0 saturated carbocycles. The first kappa shape index (κ1) is 22.1. The van der Waals surface area contributed by atoms with Crippen molar-refractivity contribution in [2.75, 3.05) is 11.4 Å². The fourth-order valence-electron chi connectivity index (χ4n) is 3.98. The molecule has 0 spiro atoms. The van der Waals surface area contributed by atoms with Gasteiger partial charge < -0.3 is 4.90 Å². The molecule has 0 amide bonds. The van der Waals surface area contributed by atoms with Gasteiger partial charge in [0.2, 0.25) is 5.69 Å². The van der Waals surface area contributed by atoms with Crippen molar-refractivity contribution in [3.63, 3.8) is 0 Å². The second-order valence-corrected chi connectivity index (χ2v) is 10.7. The highest BCUT2D eigenvalue weighted by Gasteiger charge is 2.16. The molecule has 164 valence electrons. The third kappa shape index (κ3) is 4.85. The largest absolute Gasteiger partial charge is 0.344 e. The third-order valence-electron chi connectivity index (χ3n) is 6.20. The molecule has 0 saturated heterocycles. The van der Waals surface area contributed by atoms with Crippen molar-refractivity contribution in [1.82, 2.24) is 0 Å². The summed E-state index contributed by atoms with van der Waals surface area (Å²) in [4.78, 5) is 2.29. The van der Waals surface area contributed by atoms with Gasteiger partial charge in [-0.2, -0.15) is 4.57 Å². The summed E-state index contributed by atoms with van der Waals surface area (Å²) in [5, 5.41) is 0. The number of allylic oxidation sites excluding steroid dienone is 2. The zero-order chi connectivity index (χ0) is 22.9. The van der Waals surface area contributed by atoms with Gasteiger partial charge in [-0.25, -0.2) is 0 Å². The molecule has 1 aromatic heterocycles. The van der Waals surface area contributed by atoms with Crippen LogP contribution in [0.25, 0.3) is 11.3 Å². The Kier molecular flexibility index (Phi) is 5.81. The number of hydrogen-bond acceptors (Lipinski definition) is 1. The third-order valence-corrected chi connectivity index (χ3v) is 6.20. The molecule has 0 fully saturated rings. The molecule has 0 bridgehead atoms. The number of aromatic nitrogens is 1. The highest BCUT2D eigenvalue weighted by Crippen LogP contribution is 2.27. The zero-order valence-electron chi connectivity index (χ0n) is 20.3. The molecule has 3 aromatic rings. The van der Waals surface area contributed by atoms with Crippen LogP contribution in [0.15, 0.2) is 91.4 Å². The monoisotopic (exact) mass is 423 g/mol. The summed E-state index contributed by atoms with van der Waals surface area (Å²) in [5.41, 5.74) is 8.00. The van der Waals surface area contributed by atoms with E-state index in [1.54, 1.807) is 0 Å². The van der Waals surface area contributed by atoms with Gasteiger partial charge >= 0.3 is 0 Å². The molecule has 0 unspecified atom stereocenters. The van der Waals surface area contributed by atoms with Crippen LogP contribution in [0.2, 0.25) is 0 Å². The summed E-state index contributed by atoms with van der Waals surface area (Å²) in [6.45, 7) is 14.4. The van der Waals surface area contributed by atoms with Crippen molar-refractivity contribution >= 4 is 11.3 Å². The second kappa shape index (κ2) is 8.43. The summed E-state index contributed by atoms with van der Waals surface area (Å²) < 4.78 is 2.17. The molecule has 0 radical (unpaired) electrons. The molecular formula is C30H35N2+. The van der Waals surface area contributed by atoms with Crippen LogP contribution in [0.4, 0.5) is 5.69 Å². The lowest BCUT2D eigenvalue weighted by Gasteiger charge is -2.25. The number of pyridine rings is 1. The lowest BCUT2D eigenvalue weighted by atomic mass is 9.87. The molecule has 2 nitrogen and oxygen atoms in total. The summed E-state index contributed by atoms with van der Waals surface area (Å²) in [5.74, 6) is 0. The summed E-state index contributed by atoms with van der Waals surface area (Å²) in [6, 6.07) is 22.2. The molecule has 0 aliphatic carbocycles. The Morgan fingerprint density at radius 2 is 1.22 bits per heavy atom. The lowest BCUT2D eigenvalue weighted by Crippen LogP contribution is -2.29. The quantitative estimate of drug-likeness (QED) is 0.412. The zero-order valence-corrected chi connectivity index (χ0v) is 20.3. The standard InChI is InChI=1S/C30H35N2/c1-29(2,3)25-7-11-27(12-8-25)31-19-15-23(16-20-31)24-17-21-32(22-18-24)28-13-9-26(10-14-28)30(4,5)6/h7-21H,22H2,1-6H3/q+1. The SMILES string of the molecule is CC(C)(C)c1ccc(N2C=CC(c3cc[n+](-c4ccc(C(C)(C)C)cc4)cc3)=CC2)cc1. The van der Waals surface area contributed by atoms with E-state index in [1.807, 2.05) is 0 Å². The van der Waals surface area contributed by atoms with Crippen LogP contribution in [-0.2, 0) is 10.8 Å². The Bertz CT molecular complexity index is 1120. The maximum atomic E-state index is 2.30. The topological polar surface area (TPSA) is 7.12 Å². The van der Waals surface area contributed by atoms with E-state index in [1.165, 1.54) is 33.6 Å². The number of hydrogen-bond donors (Lipinski definition) is 0. The minimum Gasteiger partial charge on any atom is -0.344 e. The van der Waals surface area contributed by atoms with Crippen molar-refractivity contribution in [2.24, 2.45) is 0 Å². The maximum Gasteiger partial charge on any atom is 0.210 e. The van der Waals surface area contributed by atoms with Crippen LogP contribution in [0.3, 0.4) is 0 Å². The van der Waals surface area contributed by atoms with Gasteiger partial charge in [0.1, 0.15) is 0 Å². The van der Waals surface area contributed by atoms with Gasteiger partial charge in [0.15, 0.2) is 12.4 Å². The van der Waals surface area contributed by atoms with Gasteiger partial charge in [0, 0.05) is 42.7 Å². The first-order chi connectivity index (χ1) is 15.1. The van der Waals surface area contributed by atoms with E-state index in [0.717, 1.165) is 6.54 Å². The summed E-state index contributed by atoms with van der Waals surface area (Å²) >= 11 is 0. The predicted octanol–water partition coefficient (Wildman–Crippen LogP) is 6.98. The Balaban J connectivity index is 1.44. The van der Waals surface area contributed by atoms with Crippen molar-refractivity contribution in [1.29, 1.82) is 0 Å². The van der Waals surface area contributed by atoms with Crippen molar-refractivity contribution in [3.05, 3.63) is 108 Å². The van der Waals surface area contributed by atoms with E-state index in [4.69, 9.17) is 0 Å². The van der Waals surface area contributed by atoms with E-state index >= 15 is 0 Å². The van der Waals surface area contributed by atoms with Gasteiger partial charge in [0.25, 0.3) is 0 Å². The highest BCUT2D eigenvalue weighted by molar-refractivity contribution is 5.76. The van der Waals surface area contributed by atoms with Crippen LogP contribution in [-0.4, -0.2) is 6.54 Å². The molecule has 32 heavy (non-hydrogen) atoms. The van der Waals surface area contributed by atoms with Gasteiger partial charge in [-0.15, -0.1) is 0 Å². The first-order valence-electron chi connectivity index (χ1n) is 11.5. The van der Waals surface area contributed by atoms with Gasteiger partial charge in [0.05, 0.1) is 0 Å². The van der Waals surface area contributed by atoms with E-state index < -0.39 is 0 Å². The van der Waals surface area contributed by atoms with E-state index in [0.29, 0.717) is 0 Å². The van der Waals surface area contributed by atoms with Crippen LogP contribution in [0, 0.1) is 0 Å². The number of nitrogens with zero attached hydrogens (tertiary/aromatic N) is 2. The Hall–Kier alpha value is -3.13. The molecule has 2 aromatic carbocycles. The van der Waals surface area contributed by atoms with Crippen LogP contribution in [0.1, 0.15) is 58.2 Å². The Morgan fingerprint density at radius 3 is 1.69 bits per heavy atom. The predicted molar refractivity (Wildman–Crippen MR) is 136 cm³/mol. The van der Waals surface area contributed by atoms with Crippen molar-refractivity contribution in [2.45, 2.75) is 52.4 Å². The molecule has 1 aliphatic rings. The molecule has 1 aliphatic heterocycles. The minimum absolute atomic E-state index is 0.176. The van der Waals surface area contributed by atoms with E-state index in [2.05, 4.69) is 142 Å². The van der Waals surface area contributed by atoms with Gasteiger partial charge in [-0.3, -0.25) is 0 Å². The fraction of sp³-hybridized carbons (Fsp3) is 0.300.